The van der Waals surface area contributed by atoms with Crippen LogP contribution in [0.4, 0.5) is 0 Å². The summed E-state index contributed by atoms with van der Waals surface area (Å²) in [5.74, 6) is 1.34. The molecule has 27 heavy (non-hydrogen) atoms. The highest BCUT2D eigenvalue weighted by molar-refractivity contribution is 7.89. The molecule has 140 valence electrons. The molecule has 0 aliphatic carbocycles. The number of hydrogen-bond donors (Lipinski definition) is 1. The minimum absolute atomic E-state index is 0.0368. The van der Waals surface area contributed by atoms with Crippen molar-refractivity contribution in [2.45, 2.75) is 37.8 Å². The maximum absolute atomic E-state index is 11.6. The first kappa shape index (κ1) is 18.9. The van der Waals surface area contributed by atoms with Crippen LogP contribution in [0.2, 0.25) is 0 Å². The Morgan fingerprint density at radius 2 is 1.96 bits per heavy atom. The zero-order valence-corrected chi connectivity index (χ0v) is 15.7. The first-order valence-corrected chi connectivity index (χ1v) is 10.1. The molecular weight excluding hydrogens is 364 g/mol. The molecule has 3 aromatic rings. The summed E-state index contributed by atoms with van der Waals surface area (Å²) in [5, 5.41) is 14.1. The summed E-state index contributed by atoms with van der Waals surface area (Å²) >= 11 is 0. The Morgan fingerprint density at radius 3 is 2.59 bits per heavy atom. The van der Waals surface area contributed by atoms with E-state index in [9.17, 15) is 8.42 Å². The molecule has 0 atom stereocenters. The molecule has 1 heterocycles. The lowest BCUT2D eigenvalue weighted by Crippen LogP contribution is -2.11. The Hall–Kier alpha value is -2.89. The van der Waals surface area contributed by atoms with Crippen LogP contribution in [0, 0.1) is 11.3 Å². The number of ether oxygens (including phenoxy) is 1. The van der Waals surface area contributed by atoms with Gasteiger partial charge >= 0.3 is 0 Å². The number of sulfonamides is 1. The summed E-state index contributed by atoms with van der Waals surface area (Å²) in [6.45, 7) is 3.09. The zero-order chi connectivity index (χ0) is 19.4. The fourth-order valence-electron chi connectivity index (χ4n) is 2.79. The van der Waals surface area contributed by atoms with Crippen molar-refractivity contribution in [1.82, 2.24) is 9.55 Å². The maximum Gasteiger partial charge on any atom is 0.238 e. The Bertz CT molecular complexity index is 1100. The van der Waals surface area contributed by atoms with Crippen LogP contribution < -0.4 is 9.88 Å². The van der Waals surface area contributed by atoms with Gasteiger partial charge in [0.05, 0.1) is 27.6 Å². The fraction of sp³-hybridized carbons (Fsp3) is 0.263. The van der Waals surface area contributed by atoms with Gasteiger partial charge in [-0.2, -0.15) is 5.26 Å². The topological polar surface area (TPSA) is 111 Å². The van der Waals surface area contributed by atoms with Crippen LogP contribution in [0.3, 0.4) is 0 Å². The summed E-state index contributed by atoms with van der Waals surface area (Å²) < 4.78 is 31.0. The van der Waals surface area contributed by atoms with Gasteiger partial charge in [0.1, 0.15) is 18.2 Å². The lowest BCUT2D eigenvalue weighted by Gasteiger charge is -2.10. The molecule has 7 nitrogen and oxygen atoms in total. The highest BCUT2D eigenvalue weighted by Crippen LogP contribution is 2.22. The van der Waals surface area contributed by atoms with E-state index >= 15 is 0 Å². The first-order chi connectivity index (χ1) is 12.9. The van der Waals surface area contributed by atoms with Crippen LogP contribution in [0.15, 0.2) is 47.4 Å². The molecule has 0 unspecified atom stereocenters. The smallest absolute Gasteiger partial charge is 0.238 e. The molecule has 1 aromatic heterocycles. The molecule has 0 radical (unpaired) electrons. The van der Waals surface area contributed by atoms with Crippen LogP contribution in [-0.2, 0) is 23.2 Å². The van der Waals surface area contributed by atoms with E-state index in [-0.39, 0.29) is 11.5 Å². The van der Waals surface area contributed by atoms with Crippen molar-refractivity contribution >= 4 is 21.1 Å². The molecule has 0 aliphatic heterocycles. The van der Waals surface area contributed by atoms with Gasteiger partial charge in [-0.05, 0) is 48.9 Å². The van der Waals surface area contributed by atoms with Crippen molar-refractivity contribution in [2.75, 3.05) is 0 Å². The number of aromatic nitrogens is 2. The van der Waals surface area contributed by atoms with Crippen molar-refractivity contribution in [1.29, 1.82) is 5.26 Å². The number of aryl methyl sites for hydroxylation is 1. The molecule has 0 bridgehead atoms. The predicted octanol–water partition coefficient (Wildman–Crippen LogP) is 2.93. The lowest BCUT2D eigenvalue weighted by molar-refractivity contribution is 0.289. The SMILES string of the molecule is CCCCn1c(COc2ccc(C#N)cc2)nc2cc(S(N)(=O)=O)ccc21. The molecule has 0 aliphatic rings. The minimum atomic E-state index is -3.78. The number of hydrogen-bond acceptors (Lipinski definition) is 5. The van der Waals surface area contributed by atoms with Crippen molar-refractivity contribution < 1.29 is 13.2 Å². The molecule has 0 saturated heterocycles. The number of nitrogens with zero attached hydrogens (tertiary/aromatic N) is 3. The summed E-state index contributed by atoms with van der Waals surface area (Å²) in [7, 11) is -3.78. The predicted molar refractivity (Wildman–Crippen MR) is 102 cm³/mol. The van der Waals surface area contributed by atoms with E-state index in [1.807, 2.05) is 4.57 Å². The zero-order valence-electron chi connectivity index (χ0n) is 14.9. The third kappa shape index (κ3) is 4.27. The standard InChI is InChI=1S/C19H20N4O3S/c1-2-3-10-23-18-9-8-16(27(21,24)25)11-17(18)22-19(23)13-26-15-6-4-14(12-20)5-7-15/h4-9,11H,2-3,10,13H2,1H3,(H2,21,24,25). The van der Waals surface area contributed by atoms with Gasteiger partial charge in [0.15, 0.2) is 0 Å². The molecule has 0 amide bonds. The lowest BCUT2D eigenvalue weighted by atomic mass is 10.2. The van der Waals surface area contributed by atoms with Gasteiger partial charge in [0.25, 0.3) is 0 Å². The normalized spacial score (nSPS) is 11.4. The van der Waals surface area contributed by atoms with Gasteiger partial charge in [-0.15, -0.1) is 0 Å². The number of nitrogens with two attached hydrogens (primary N) is 1. The van der Waals surface area contributed by atoms with Gasteiger partial charge in [-0.1, -0.05) is 13.3 Å². The van der Waals surface area contributed by atoms with E-state index in [1.165, 1.54) is 12.1 Å². The van der Waals surface area contributed by atoms with Gasteiger partial charge < -0.3 is 9.30 Å². The van der Waals surface area contributed by atoms with E-state index < -0.39 is 10.0 Å². The number of benzene rings is 2. The second kappa shape index (κ2) is 7.78. The van der Waals surface area contributed by atoms with E-state index in [4.69, 9.17) is 15.1 Å². The summed E-state index contributed by atoms with van der Waals surface area (Å²) in [4.78, 5) is 4.59. The first-order valence-electron chi connectivity index (χ1n) is 8.57. The van der Waals surface area contributed by atoms with Crippen LogP contribution in [0.1, 0.15) is 31.2 Å². The summed E-state index contributed by atoms with van der Waals surface area (Å²) in [6, 6.07) is 13.6. The van der Waals surface area contributed by atoms with E-state index in [1.54, 1.807) is 30.3 Å². The van der Waals surface area contributed by atoms with Gasteiger partial charge in [0, 0.05) is 6.54 Å². The molecule has 0 fully saturated rings. The van der Waals surface area contributed by atoms with Crippen molar-refractivity contribution in [2.24, 2.45) is 5.14 Å². The van der Waals surface area contributed by atoms with Crippen LogP contribution in [0.25, 0.3) is 11.0 Å². The van der Waals surface area contributed by atoms with E-state index in [0.717, 1.165) is 24.9 Å². The summed E-state index contributed by atoms with van der Waals surface area (Å²) in [5.41, 5.74) is 1.97. The van der Waals surface area contributed by atoms with Crippen molar-refractivity contribution in [3.63, 3.8) is 0 Å². The monoisotopic (exact) mass is 384 g/mol. The molecule has 0 saturated carbocycles. The maximum atomic E-state index is 11.6. The number of fused-ring (bicyclic) bond motifs is 1. The van der Waals surface area contributed by atoms with Crippen LogP contribution >= 0.6 is 0 Å². The Kier molecular flexibility index (Phi) is 5.44. The number of primary sulfonamides is 1. The van der Waals surface area contributed by atoms with Crippen molar-refractivity contribution in [3.05, 3.63) is 53.9 Å². The largest absolute Gasteiger partial charge is 0.486 e. The number of imidazole rings is 1. The Labute approximate surface area is 158 Å². The fourth-order valence-corrected chi connectivity index (χ4v) is 3.32. The second-order valence-corrected chi connectivity index (χ2v) is 7.72. The molecule has 0 spiro atoms. The third-order valence-corrected chi connectivity index (χ3v) is 5.12. The molecule has 2 N–H and O–H groups in total. The van der Waals surface area contributed by atoms with Crippen LogP contribution in [0.5, 0.6) is 5.75 Å². The van der Waals surface area contributed by atoms with Gasteiger partial charge in [-0.3, -0.25) is 0 Å². The average Bonchev–Trinajstić information content (AvgIpc) is 3.01. The average molecular weight is 384 g/mol. The minimum Gasteiger partial charge on any atom is -0.486 e. The Balaban J connectivity index is 1.92. The highest BCUT2D eigenvalue weighted by atomic mass is 32.2. The molecule has 8 heteroatoms. The van der Waals surface area contributed by atoms with E-state index in [0.29, 0.717) is 22.7 Å². The Morgan fingerprint density at radius 1 is 1.22 bits per heavy atom. The number of unbranched alkanes of at least 4 members (excludes halogenated alkanes) is 1. The number of rotatable bonds is 7. The summed E-state index contributed by atoms with van der Waals surface area (Å²) in [6.07, 6.45) is 1.98. The molecule has 2 aromatic carbocycles. The van der Waals surface area contributed by atoms with E-state index in [2.05, 4.69) is 18.0 Å². The van der Waals surface area contributed by atoms with Crippen LogP contribution in [-0.4, -0.2) is 18.0 Å². The van der Waals surface area contributed by atoms with Crippen molar-refractivity contribution in [3.8, 4) is 11.8 Å². The highest BCUT2D eigenvalue weighted by Gasteiger charge is 2.15. The molecular formula is C19H20N4O3S. The molecule has 3 rings (SSSR count). The van der Waals surface area contributed by atoms with Gasteiger partial charge in [0.2, 0.25) is 10.0 Å². The quantitative estimate of drug-likeness (QED) is 0.673. The van der Waals surface area contributed by atoms with Gasteiger partial charge in [-0.25, -0.2) is 18.5 Å². The second-order valence-electron chi connectivity index (χ2n) is 6.15. The number of nitriles is 1. The third-order valence-electron chi connectivity index (χ3n) is 4.21.